The molecule has 0 saturated heterocycles. The molecule has 3 rings (SSSR count). The number of amides is 2. The van der Waals surface area contributed by atoms with Crippen LogP contribution in [0, 0.1) is 13.8 Å². The van der Waals surface area contributed by atoms with Crippen LogP contribution in [0.25, 0.3) is 0 Å². The lowest BCUT2D eigenvalue weighted by atomic mass is 9.93. The predicted molar refractivity (Wildman–Crippen MR) is 127 cm³/mol. The van der Waals surface area contributed by atoms with Crippen LogP contribution in [0.3, 0.4) is 0 Å². The quantitative estimate of drug-likeness (QED) is 0.594. The number of carbonyl (C=O) groups excluding carboxylic acids is 2. The molecule has 1 aliphatic heterocycles. The van der Waals surface area contributed by atoms with Crippen LogP contribution in [0.4, 0.5) is 4.79 Å². The Labute approximate surface area is 195 Å². The zero-order valence-electron chi connectivity index (χ0n) is 19.6. The smallest absolute Gasteiger partial charge is 0.338 e. The molecule has 0 spiro atoms. The number of hydrogen-bond donors (Lipinski definition) is 2. The van der Waals surface area contributed by atoms with Crippen molar-refractivity contribution in [2.24, 2.45) is 0 Å². The van der Waals surface area contributed by atoms with Crippen molar-refractivity contribution in [2.75, 3.05) is 12.4 Å². The number of carbonyl (C=O) groups is 2. The van der Waals surface area contributed by atoms with Crippen LogP contribution in [-0.4, -0.2) is 32.8 Å². The van der Waals surface area contributed by atoms with Gasteiger partial charge < -0.3 is 15.4 Å². The van der Waals surface area contributed by atoms with Crippen LogP contribution >= 0.6 is 0 Å². The van der Waals surface area contributed by atoms with E-state index in [1.807, 2.05) is 38.1 Å². The molecule has 0 bridgehead atoms. The van der Waals surface area contributed by atoms with Gasteiger partial charge in [-0.2, -0.15) is 0 Å². The largest absolute Gasteiger partial charge is 0.463 e. The lowest BCUT2D eigenvalue weighted by Crippen LogP contribution is -2.47. The van der Waals surface area contributed by atoms with Gasteiger partial charge in [-0.05, 0) is 61.1 Å². The summed E-state index contributed by atoms with van der Waals surface area (Å²) >= 11 is 0. The number of hydrogen-bond acceptors (Lipinski definition) is 5. The van der Waals surface area contributed by atoms with Crippen molar-refractivity contribution >= 4 is 21.8 Å². The first-order valence-electron chi connectivity index (χ1n) is 10.9. The highest BCUT2D eigenvalue weighted by molar-refractivity contribution is 7.91. The third-order valence-electron chi connectivity index (χ3n) is 5.76. The Bertz CT molecular complexity index is 1200. The fourth-order valence-electron chi connectivity index (χ4n) is 3.69. The van der Waals surface area contributed by atoms with E-state index in [4.69, 9.17) is 4.74 Å². The van der Waals surface area contributed by atoms with E-state index in [0.29, 0.717) is 11.5 Å². The molecule has 2 aromatic carbocycles. The van der Waals surface area contributed by atoms with Crippen LogP contribution in [0.2, 0.25) is 0 Å². The number of nitrogens with one attached hydrogen (secondary N) is 2. The molecule has 0 aliphatic carbocycles. The van der Waals surface area contributed by atoms with Crippen molar-refractivity contribution < 1.29 is 22.7 Å². The molecule has 2 aromatic rings. The van der Waals surface area contributed by atoms with Crippen LogP contribution in [0.5, 0.6) is 0 Å². The summed E-state index contributed by atoms with van der Waals surface area (Å²) in [7, 11) is -3.84. The maximum atomic E-state index is 13.2. The lowest BCUT2D eigenvalue weighted by Gasteiger charge is -2.29. The normalized spacial score (nSPS) is 16.4. The average molecular weight is 471 g/mol. The van der Waals surface area contributed by atoms with Gasteiger partial charge in [0.2, 0.25) is 0 Å². The number of sulfone groups is 1. The Morgan fingerprint density at radius 2 is 1.73 bits per heavy atom. The van der Waals surface area contributed by atoms with Crippen molar-refractivity contribution in [3.05, 3.63) is 76.0 Å². The van der Waals surface area contributed by atoms with Gasteiger partial charge in [0, 0.05) is 5.70 Å². The van der Waals surface area contributed by atoms with E-state index in [2.05, 4.69) is 24.5 Å². The molecule has 2 N–H and O–H groups in total. The van der Waals surface area contributed by atoms with E-state index in [1.54, 1.807) is 19.1 Å². The predicted octanol–water partition coefficient (Wildman–Crippen LogP) is 4.07. The zero-order valence-corrected chi connectivity index (χ0v) is 20.4. The van der Waals surface area contributed by atoms with Crippen LogP contribution in [-0.2, 0) is 19.4 Å². The second-order valence-corrected chi connectivity index (χ2v) is 10.5. The highest BCUT2D eigenvalue weighted by atomic mass is 32.2. The minimum absolute atomic E-state index is 0.0216. The second kappa shape index (κ2) is 9.79. The molecule has 0 fully saturated rings. The number of esters is 1. The molecule has 0 radical (unpaired) electrons. The molecule has 0 saturated carbocycles. The van der Waals surface area contributed by atoms with Gasteiger partial charge >= 0.3 is 12.0 Å². The molecule has 0 aromatic heterocycles. The van der Waals surface area contributed by atoms with Crippen molar-refractivity contribution in [3.8, 4) is 0 Å². The van der Waals surface area contributed by atoms with Gasteiger partial charge in [-0.3, -0.25) is 0 Å². The molecular weight excluding hydrogens is 440 g/mol. The van der Waals surface area contributed by atoms with Crippen molar-refractivity contribution in [2.45, 2.75) is 51.5 Å². The van der Waals surface area contributed by atoms with Gasteiger partial charge in [-0.25, -0.2) is 18.0 Å². The number of ether oxygens (including phenoxy) is 1. The summed E-state index contributed by atoms with van der Waals surface area (Å²) < 4.78 is 31.6. The summed E-state index contributed by atoms with van der Waals surface area (Å²) in [5, 5.41) is 5.28. The first kappa shape index (κ1) is 24.5. The summed E-state index contributed by atoms with van der Waals surface area (Å²) in [5.74, 6) is -0.883. The molecule has 1 aliphatic rings. The summed E-state index contributed by atoms with van der Waals surface area (Å²) in [6.45, 7) is 9.66. The summed E-state index contributed by atoms with van der Waals surface area (Å²) in [6.07, 6.45) is 0. The van der Waals surface area contributed by atoms with Crippen molar-refractivity contribution in [1.82, 2.24) is 10.6 Å². The third kappa shape index (κ3) is 5.45. The molecule has 1 atom stereocenters. The summed E-state index contributed by atoms with van der Waals surface area (Å²) in [4.78, 5) is 25.5. The first-order chi connectivity index (χ1) is 15.5. The SMILES string of the molecule is CCOC(=O)C1=C(CS(=O)(=O)c2ccc(C)c(C)c2)NC(=O)N[C@H]1c1ccc(C(C)C)cc1. The van der Waals surface area contributed by atoms with Crippen LogP contribution < -0.4 is 10.6 Å². The lowest BCUT2D eigenvalue weighted by molar-refractivity contribution is -0.139. The van der Waals surface area contributed by atoms with Gasteiger partial charge in [0.05, 0.1) is 28.9 Å². The zero-order chi connectivity index (χ0) is 24.3. The fraction of sp³-hybridized carbons (Fsp3) is 0.360. The maximum Gasteiger partial charge on any atom is 0.338 e. The monoisotopic (exact) mass is 470 g/mol. The molecule has 7 nitrogen and oxygen atoms in total. The first-order valence-corrected chi connectivity index (χ1v) is 12.6. The van der Waals surface area contributed by atoms with Gasteiger partial charge in [-0.1, -0.05) is 44.2 Å². The number of aryl methyl sites for hydroxylation is 2. The molecule has 8 heteroatoms. The average Bonchev–Trinajstić information content (AvgIpc) is 2.75. The highest BCUT2D eigenvalue weighted by Crippen LogP contribution is 2.30. The molecule has 33 heavy (non-hydrogen) atoms. The maximum absolute atomic E-state index is 13.2. The van der Waals surface area contributed by atoms with E-state index in [0.717, 1.165) is 16.7 Å². The van der Waals surface area contributed by atoms with E-state index >= 15 is 0 Å². The Morgan fingerprint density at radius 3 is 2.30 bits per heavy atom. The van der Waals surface area contributed by atoms with E-state index < -0.39 is 33.6 Å². The van der Waals surface area contributed by atoms with Crippen molar-refractivity contribution in [3.63, 3.8) is 0 Å². The van der Waals surface area contributed by atoms with E-state index in [-0.39, 0.29) is 22.8 Å². The molecule has 2 amide bonds. The minimum Gasteiger partial charge on any atom is -0.463 e. The number of urea groups is 1. The van der Waals surface area contributed by atoms with E-state index in [1.165, 1.54) is 6.07 Å². The van der Waals surface area contributed by atoms with Gasteiger partial charge in [-0.15, -0.1) is 0 Å². The Kier molecular flexibility index (Phi) is 7.27. The molecule has 1 heterocycles. The molecule has 0 unspecified atom stereocenters. The van der Waals surface area contributed by atoms with Crippen LogP contribution in [0.1, 0.15) is 55.0 Å². The Morgan fingerprint density at radius 1 is 1.06 bits per heavy atom. The molecular formula is C25H30N2O5S. The standard InChI is InChI=1S/C25H30N2O5S/c1-6-32-24(28)22-21(14-33(30,31)20-12-7-16(4)17(5)13-20)26-25(29)27-23(22)19-10-8-18(9-11-19)15(2)3/h7-13,15,23H,6,14H2,1-5H3,(H2,26,27,29)/t23-/m0/s1. The van der Waals surface area contributed by atoms with Crippen molar-refractivity contribution in [1.29, 1.82) is 0 Å². The minimum atomic E-state index is -3.84. The third-order valence-corrected chi connectivity index (χ3v) is 7.40. The van der Waals surface area contributed by atoms with Gasteiger partial charge in [0.1, 0.15) is 0 Å². The molecule has 176 valence electrons. The highest BCUT2D eigenvalue weighted by Gasteiger charge is 2.35. The van der Waals surface area contributed by atoms with Gasteiger partial charge in [0.25, 0.3) is 0 Å². The fourth-order valence-corrected chi connectivity index (χ4v) is 5.09. The van der Waals surface area contributed by atoms with E-state index in [9.17, 15) is 18.0 Å². The Hall–Kier alpha value is -3.13. The number of rotatable bonds is 7. The Balaban J connectivity index is 2.09. The second-order valence-electron chi connectivity index (χ2n) is 8.47. The number of benzene rings is 2. The summed E-state index contributed by atoms with van der Waals surface area (Å²) in [6, 6.07) is 11.0. The van der Waals surface area contributed by atoms with Gasteiger partial charge in [0.15, 0.2) is 9.84 Å². The topological polar surface area (TPSA) is 102 Å². The van der Waals surface area contributed by atoms with Crippen LogP contribution in [0.15, 0.2) is 58.6 Å². The summed E-state index contributed by atoms with van der Waals surface area (Å²) in [5.41, 5.74) is 3.69.